The number of para-hydroxylation sites is 1. The SMILES string of the molecule is COc1ccccc1CNC(=O)C(Sc1ccccc1)c1ccccc1. The summed E-state index contributed by atoms with van der Waals surface area (Å²) < 4.78 is 5.36. The maximum atomic E-state index is 12.9. The molecular weight excluding hydrogens is 342 g/mol. The maximum absolute atomic E-state index is 12.9. The highest BCUT2D eigenvalue weighted by molar-refractivity contribution is 8.00. The summed E-state index contributed by atoms with van der Waals surface area (Å²) in [5.74, 6) is 0.760. The van der Waals surface area contributed by atoms with Crippen LogP contribution in [0.1, 0.15) is 16.4 Å². The van der Waals surface area contributed by atoms with Gasteiger partial charge in [-0.05, 0) is 23.8 Å². The predicted octanol–water partition coefficient (Wildman–Crippen LogP) is 4.85. The van der Waals surface area contributed by atoms with E-state index in [9.17, 15) is 4.79 Å². The molecule has 0 saturated carbocycles. The molecule has 3 aromatic rings. The summed E-state index contributed by atoms with van der Waals surface area (Å²) in [5.41, 5.74) is 1.94. The molecule has 132 valence electrons. The summed E-state index contributed by atoms with van der Waals surface area (Å²) in [6.45, 7) is 0.432. The van der Waals surface area contributed by atoms with Gasteiger partial charge in [-0.25, -0.2) is 0 Å². The number of carbonyl (C=O) groups is 1. The van der Waals surface area contributed by atoms with Gasteiger partial charge in [0.1, 0.15) is 11.0 Å². The largest absolute Gasteiger partial charge is 0.496 e. The van der Waals surface area contributed by atoms with Gasteiger partial charge in [-0.3, -0.25) is 4.79 Å². The Morgan fingerprint density at radius 3 is 2.23 bits per heavy atom. The second kappa shape index (κ2) is 9.11. The van der Waals surface area contributed by atoms with Crippen molar-refractivity contribution >= 4 is 17.7 Å². The van der Waals surface area contributed by atoms with E-state index in [0.717, 1.165) is 21.8 Å². The Labute approximate surface area is 158 Å². The van der Waals surface area contributed by atoms with Crippen molar-refractivity contribution in [3.63, 3.8) is 0 Å². The van der Waals surface area contributed by atoms with Crippen LogP contribution in [0, 0.1) is 0 Å². The summed E-state index contributed by atoms with van der Waals surface area (Å²) in [4.78, 5) is 14.0. The van der Waals surface area contributed by atoms with Gasteiger partial charge in [0.2, 0.25) is 5.91 Å². The normalized spacial score (nSPS) is 11.6. The van der Waals surface area contributed by atoms with Crippen LogP contribution in [0.5, 0.6) is 5.75 Å². The van der Waals surface area contributed by atoms with E-state index in [4.69, 9.17) is 4.74 Å². The molecule has 0 spiro atoms. The standard InChI is InChI=1S/C22H21NO2S/c1-25-20-15-9-8-12-18(20)16-23-22(24)21(17-10-4-2-5-11-17)26-19-13-6-3-7-14-19/h2-15,21H,16H2,1H3,(H,23,24). The van der Waals surface area contributed by atoms with Crippen molar-refractivity contribution in [2.75, 3.05) is 7.11 Å². The molecule has 4 heteroatoms. The molecule has 0 radical (unpaired) electrons. The third-order valence-corrected chi connectivity index (χ3v) is 5.25. The fourth-order valence-corrected chi connectivity index (χ4v) is 3.73. The molecule has 1 amide bonds. The van der Waals surface area contributed by atoms with Crippen molar-refractivity contribution in [1.82, 2.24) is 5.32 Å². The van der Waals surface area contributed by atoms with E-state index in [1.54, 1.807) is 18.9 Å². The number of rotatable bonds is 7. The van der Waals surface area contributed by atoms with Crippen molar-refractivity contribution in [1.29, 1.82) is 0 Å². The highest BCUT2D eigenvalue weighted by Gasteiger charge is 2.22. The maximum Gasteiger partial charge on any atom is 0.238 e. The minimum Gasteiger partial charge on any atom is -0.496 e. The molecule has 0 bridgehead atoms. The number of benzene rings is 3. The number of thioether (sulfide) groups is 1. The molecule has 3 nitrogen and oxygen atoms in total. The third-order valence-electron chi connectivity index (χ3n) is 3.98. The van der Waals surface area contributed by atoms with E-state index in [1.807, 2.05) is 84.9 Å². The van der Waals surface area contributed by atoms with Crippen LogP contribution in [0.25, 0.3) is 0 Å². The van der Waals surface area contributed by atoms with Crippen LogP contribution in [0.4, 0.5) is 0 Å². The molecule has 26 heavy (non-hydrogen) atoms. The first-order valence-corrected chi connectivity index (χ1v) is 9.32. The third kappa shape index (κ3) is 4.67. The highest BCUT2D eigenvalue weighted by atomic mass is 32.2. The highest BCUT2D eigenvalue weighted by Crippen LogP contribution is 2.35. The zero-order valence-corrected chi connectivity index (χ0v) is 15.4. The fraction of sp³-hybridized carbons (Fsp3) is 0.136. The van der Waals surface area contributed by atoms with Crippen LogP contribution >= 0.6 is 11.8 Å². The van der Waals surface area contributed by atoms with Crippen molar-refractivity contribution in [3.05, 3.63) is 96.1 Å². The van der Waals surface area contributed by atoms with Crippen molar-refractivity contribution in [2.24, 2.45) is 0 Å². The first-order valence-electron chi connectivity index (χ1n) is 8.44. The molecule has 1 unspecified atom stereocenters. The van der Waals surface area contributed by atoms with Crippen molar-refractivity contribution in [2.45, 2.75) is 16.7 Å². The molecule has 0 fully saturated rings. The molecule has 3 rings (SSSR count). The van der Waals surface area contributed by atoms with Gasteiger partial charge in [-0.1, -0.05) is 66.7 Å². The Hall–Kier alpha value is -2.72. The lowest BCUT2D eigenvalue weighted by atomic mass is 10.1. The van der Waals surface area contributed by atoms with Crippen molar-refractivity contribution in [3.8, 4) is 5.75 Å². The van der Waals surface area contributed by atoms with Crippen molar-refractivity contribution < 1.29 is 9.53 Å². The molecule has 0 heterocycles. The average molecular weight is 363 g/mol. The summed E-state index contributed by atoms with van der Waals surface area (Å²) in [6.07, 6.45) is 0. The van der Waals surface area contributed by atoms with Crippen LogP contribution in [-0.2, 0) is 11.3 Å². The van der Waals surface area contributed by atoms with E-state index in [1.165, 1.54) is 0 Å². The van der Waals surface area contributed by atoms with Gasteiger partial charge in [-0.15, -0.1) is 11.8 Å². The van der Waals surface area contributed by atoms with Gasteiger partial charge in [0.05, 0.1) is 7.11 Å². The minimum atomic E-state index is -0.312. The minimum absolute atomic E-state index is 0.0176. The predicted molar refractivity (Wildman–Crippen MR) is 106 cm³/mol. The molecule has 1 N–H and O–H groups in total. The second-order valence-corrected chi connectivity index (χ2v) is 6.93. The summed E-state index contributed by atoms with van der Waals surface area (Å²) in [5, 5.41) is 2.74. The lowest BCUT2D eigenvalue weighted by Gasteiger charge is -2.18. The van der Waals surface area contributed by atoms with E-state index in [2.05, 4.69) is 5.32 Å². The molecule has 3 aromatic carbocycles. The first-order chi connectivity index (χ1) is 12.8. The van der Waals surface area contributed by atoms with Gasteiger partial charge in [0, 0.05) is 17.0 Å². The second-order valence-electron chi connectivity index (χ2n) is 5.75. The van der Waals surface area contributed by atoms with E-state index < -0.39 is 0 Å². The topological polar surface area (TPSA) is 38.3 Å². The Bertz CT molecular complexity index is 837. The van der Waals surface area contributed by atoms with Crippen LogP contribution in [0.15, 0.2) is 89.8 Å². The van der Waals surface area contributed by atoms with Gasteiger partial charge < -0.3 is 10.1 Å². The first kappa shape index (κ1) is 18.1. The Morgan fingerprint density at radius 1 is 0.923 bits per heavy atom. The summed E-state index contributed by atoms with van der Waals surface area (Å²) in [7, 11) is 1.64. The smallest absolute Gasteiger partial charge is 0.238 e. The molecule has 0 aliphatic rings. The molecule has 0 saturated heterocycles. The summed E-state index contributed by atoms with van der Waals surface area (Å²) >= 11 is 1.55. The number of nitrogens with one attached hydrogen (secondary N) is 1. The lowest BCUT2D eigenvalue weighted by molar-refractivity contribution is -0.120. The van der Waals surface area contributed by atoms with Crippen LogP contribution in [0.3, 0.4) is 0 Å². The van der Waals surface area contributed by atoms with E-state index in [-0.39, 0.29) is 11.2 Å². The van der Waals surface area contributed by atoms with E-state index >= 15 is 0 Å². The molecule has 0 aromatic heterocycles. The molecule has 1 atom stereocenters. The average Bonchev–Trinajstić information content (AvgIpc) is 2.72. The molecule has 0 aliphatic heterocycles. The quantitative estimate of drug-likeness (QED) is 0.610. The summed E-state index contributed by atoms with van der Waals surface area (Å²) in [6, 6.07) is 27.6. The Kier molecular flexibility index (Phi) is 6.34. The van der Waals surface area contributed by atoms with Crippen LogP contribution in [-0.4, -0.2) is 13.0 Å². The zero-order chi connectivity index (χ0) is 18.2. The van der Waals surface area contributed by atoms with Gasteiger partial charge in [0.25, 0.3) is 0 Å². The number of methoxy groups -OCH3 is 1. The molecule has 0 aliphatic carbocycles. The number of carbonyl (C=O) groups excluding carboxylic acids is 1. The van der Waals surface area contributed by atoms with Gasteiger partial charge in [0.15, 0.2) is 0 Å². The van der Waals surface area contributed by atoms with Crippen LogP contribution < -0.4 is 10.1 Å². The zero-order valence-electron chi connectivity index (χ0n) is 14.6. The number of ether oxygens (including phenoxy) is 1. The van der Waals surface area contributed by atoms with Gasteiger partial charge in [-0.2, -0.15) is 0 Å². The lowest BCUT2D eigenvalue weighted by Crippen LogP contribution is -2.27. The van der Waals surface area contributed by atoms with E-state index in [0.29, 0.717) is 6.54 Å². The monoisotopic (exact) mass is 363 g/mol. The Morgan fingerprint density at radius 2 is 1.54 bits per heavy atom. The number of hydrogen-bond acceptors (Lipinski definition) is 3. The number of amides is 1. The van der Waals surface area contributed by atoms with Crippen LogP contribution in [0.2, 0.25) is 0 Å². The Balaban J connectivity index is 1.76. The fourth-order valence-electron chi connectivity index (χ4n) is 2.66. The molecular formula is C22H21NO2S. The van der Waals surface area contributed by atoms with Gasteiger partial charge >= 0.3 is 0 Å². The number of hydrogen-bond donors (Lipinski definition) is 1.